The molecular formula is C27H33ClN6O2. The first-order valence-electron chi connectivity index (χ1n) is 12.1. The number of aromatic nitrogens is 2. The fourth-order valence-corrected chi connectivity index (χ4v) is 4.79. The highest BCUT2D eigenvalue weighted by atomic mass is 35.5. The number of nitrogens with one attached hydrogen (secondary N) is 3. The van der Waals surface area contributed by atoms with Crippen LogP contribution in [0.15, 0.2) is 48.8 Å². The molecule has 0 radical (unpaired) electrons. The van der Waals surface area contributed by atoms with Gasteiger partial charge in [0.05, 0.1) is 12.1 Å². The molecule has 190 valence electrons. The van der Waals surface area contributed by atoms with Gasteiger partial charge in [-0.3, -0.25) is 4.79 Å². The van der Waals surface area contributed by atoms with Crippen molar-refractivity contribution in [3.05, 3.63) is 70.5 Å². The summed E-state index contributed by atoms with van der Waals surface area (Å²) in [5, 5.41) is 9.98. The van der Waals surface area contributed by atoms with Gasteiger partial charge in [0.2, 0.25) is 5.95 Å². The third kappa shape index (κ3) is 6.25. The number of rotatable bonds is 8. The Morgan fingerprint density at radius 1 is 1.11 bits per heavy atom. The number of halogens is 1. The largest absolute Gasteiger partial charge is 0.495 e. The van der Waals surface area contributed by atoms with Crippen molar-refractivity contribution in [2.75, 3.05) is 37.5 Å². The van der Waals surface area contributed by atoms with Gasteiger partial charge in [0, 0.05) is 61.6 Å². The number of anilines is 3. The molecule has 0 spiro atoms. The Balaban J connectivity index is 1.37. The molecule has 4 rings (SSSR count). The molecule has 1 aromatic heterocycles. The number of nitrogens with zero attached hydrogens (tertiary/aromatic N) is 3. The van der Waals surface area contributed by atoms with Crippen molar-refractivity contribution < 1.29 is 9.53 Å². The number of hydrogen-bond donors (Lipinski definition) is 3. The summed E-state index contributed by atoms with van der Waals surface area (Å²) in [5.41, 5.74) is 4.47. The molecule has 3 N–H and O–H groups in total. The molecular weight excluding hydrogens is 476 g/mol. The number of methoxy groups -OCH3 is 1. The van der Waals surface area contributed by atoms with Gasteiger partial charge in [-0.25, -0.2) is 9.97 Å². The van der Waals surface area contributed by atoms with Crippen LogP contribution in [0.5, 0.6) is 5.75 Å². The molecule has 1 amide bonds. The van der Waals surface area contributed by atoms with Crippen molar-refractivity contribution in [1.29, 1.82) is 0 Å². The van der Waals surface area contributed by atoms with Gasteiger partial charge in [-0.05, 0) is 74.2 Å². The van der Waals surface area contributed by atoms with E-state index < -0.39 is 0 Å². The number of carbonyl (C=O) groups is 1. The number of ether oxygens (including phenoxy) is 1. The van der Waals surface area contributed by atoms with Crippen LogP contribution in [0.3, 0.4) is 0 Å². The van der Waals surface area contributed by atoms with Crippen molar-refractivity contribution in [2.24, 2.45) is 0 Å². The second kappa shape index (κ2) is 11.6. The lowest BCUT2D eigenvalue weighted by atomic mass is 10.0. The molecule has 1 saturated heterocycles. The topological polar surface area (TPSA) is 91.4 Å². The van der Waals surface area contributed by atoms with Crippen LogP contribution in [0.1, 0.15) is 35.3 Å². The minimum atomic E-state index is -0.185. The predicted molar refractivity (Wildman–Crippen MR) is 145 cm³/mol. The van der Waals surface area contributed by atoms with Crippen LogP contribution in [0.2, 0.25) is 5.02 Å². The summed E-state index contributed by atoms with van der Waals surface area (Å²) in [6.45, 7) is 6.42. The fraction of sp³-hybridized carbons (Fsp3) is 0.370. The zero-order chi connectivity index (χ0) is 25.7. The van der Waals surface area contributed by atoms with Crippen LogP contribution in [0.25, 0.3) is 0 Å². The van der Waals surface area contributed by atoms with E-state index in [0.717, 1.165) is 29.9 Å². The summed E-state index contributed by atoms with van der Waals surface area (Å²) in [6.07, 6.45) is 4.92. The van der Waals surface area contributed by atoms with Gasteiger partial charge in [0.15, 0.2) is 0 Å². The predicted octanol–water partition coefficient (Wildman–Crippen LogP) is 4.21. The molecule has 0 unspecified atom stereocenters. The first-order chi connectivity index (χ1) is 17.4. The standard InChI is InChI=1S/C27H33ClN6O2/c1-17-15-34(16-18(2)32-17)23-9-7-22(8-10-23)33-27-30-13-19(14-31-27)5-6-20-11-21(26(35)29-3)12-24(36-4)25(20)28/h7-14,17-18,32H,5-6,15-16H2,1-4H3,(H,29,35)(H,30,31,33)/t17-,18+. The minimum Gasteiger partial charge on any atom is -0.495 e. The average Bonchev–Trinajstić information content (AvgIpc) is 2.88. The van der Waals surface area contributed by atoms with Crippen LogP contribution in [-0.2, 0) is 12.8 Å². The highest BCUT2D eigenvalue weighted by molar-refractivity contribution is 6.33. The van der Waals surface area contributed by atoms with E-state index in [1.165, 1.54) is 12.8 Å². The molecule has 36 heavy (non-hydrogen) atoms. The number of carbonyl (C=O) groups excluding carboxylic acids is 1. The Labute approximate surface area is 217 Å². The zero-order valence-corrected chi connectivity index (χ0v) is 21.9. The van der Waals surface area contributed by atoms with E-state index in [9.17, 15) is 4.79 Å². The molecule has 1 fully saturated rings. The van der Waals surface area contributed by atoms with Crippen LogP contribution in [-0.4, -0.2) is 55.2 Å². The van der Waals surface area contributed by atoms with Gasteiger partial charge < -0.3 is 25.6 Å². The molecule has 0 bridgehead atoms. The molecule has 0 saturated carbocycles. The van der Waals surface area contributed by atoms with Crippen LogP contribution in [0.4, 0.5) is 17.3 Å². The number of benzene rings is 2. The van der Waals surface area contributed by atoms with E-state index in [1.54, 1.807) is 31.6 Å². The quantitative estimate of drug-likeness (QED) is 0.419. The molecule has 3 aromatic rings. The lowest BCUT2D eigenvalue weighted by Crippen LogP contribution is -2.54. The highest BCUT2D eigenvalue weighted by Gasteiger charge is 2.21. The third-order valence-corrected chi connectivity index (χ3v) is 6.69. The average molecular weight is 509 g/mol. The zero-order valence-electron chi connectivity index (χ0n) is 21.1. The van der Waals surface area contributed by atoms with Crippen molar-refractivity contribution in [2.45, 2.75) is 38.8 Å². The Kier molecular flexibility index (Phi) is 8.28. The van der Waals surface area contributed by atoms with Crippen LogP contribution < -0.4 is 25.6 Å². The van der Waals surface area contributed by atoms with E-state index in [-0.39, 0.29) is 5.91 Å². The molecule has 2 heterocycles. The monoisotopic (exact) mass is 508 g/mol. The Bertz CT molecular complexity index is 1180. The van der Waals surface area contributed by atoms with Gasteiger partial charge in [-0.2, -0.15) is 0 Å². The first-order valence-corrected chi connectivity index (χ1v) is 12.5. The van der Waals surface area contributed by atoms with Gasteiger partial charge in [-0.1, -0.05) is 11.6 Å². The summed E-state index contributed by atoms with van der Waals surface area (Å²) in [7, 11) is 3.13. The molecule has 8 nitrogen and oxygen atoms in total. The normalized spacial score (nSPS) is 17.5. The number of piperazine rings is 1. The maximum atomic E-state index is 12.1. The molecule has 0 aliphatic carbocycles. The second-order valence-corrected chi connectivity index (χ2v) is 9.57. The minimum absolute atomic E-state index is 0.185. The third-order valence-electron chi connectivity index (χ3n) is 6.26. The highest BCUT2D eigenvalue weighted by Crippen LogP contribution is 2.31. The lowest BCUT2D eigenvalue weighted by molar-refractivity contribution is 0.0962. The number of amides is 1. The van der Waals surface area contributed by atoms with Crippen LogP contribution >= 0.6 is 11.6 Å². The molecule has 2 atom stereocenters. The summed E-state index contributed by atoms with van der Waals surface area (Å²) in [4.78, 5) is 23.4. The van der Waals surface area contributed by atoms with E-state index in [1.807, 2.05) is 0 Å². The van der Waals surface area contributed by atoms with Crippen molar-refractivity contribution >= 4 is 34.8 Å². The van der Waals surface area contributed by atoms with Gasteiger partial charge in [0.25, 0.3) is 5.91 Å². The second-order valence-electron chi connectivity index (χ2n) is 9.19. The molecule has 2 aromatic carbocycles. The Morgan fingerprint density at radius 3 is 2.39 bits per heavy atom. The lowest BCUT2D eigenvalue weighted by Gasteiger charge is -2.37. The van der Waals surface area contributed by atoms with E-state index in [4.69, 9.17) is 16.3 Å². The SMILES string of the molecule is CNC(=O)c1cc(CCc2cnc(Nc3ccc(N4C[C@@H](C)N[C@@H](C)C4)cc3)nc2)c(Cl)c(OC)c1. The first kappa shape index (κ1) is 25.7. The maximum absolute atomic E-state index is 12.1. The Hall–Kier alpha value is -3.36. The van der Waals surface area contributed by atoms with Crippen molar-refractivity contribution in [3.8, 4) is 5.75 Å². The maximum Gasteiger partial charge on any atom is 0.251 e. The van der Waals surface area contributed by atoms with Gasteiger partial charge >= 0.3 is 0 Å². The summed E-state index contributed by atoms with van der Waals surface area (Å²) >= 11 is 6.48. The molecule has 1 aliphatic rings. The van der Waals surface area contributed by atoms with Crippen LogP contribution in [0, 0.1) is 0 Å². The van der Waals surface area contributed by atoms with Crippen molar-refractivity contribution in [1.82, 2.24) is 20.6 Å². The summed E-state index contributed by atoms with van der Waals surface area (Å²) in [6, 6.07) is 12.8. The van der Waals surface area contributed by atoms with E-state index in [0.29, 0.717) is 47.2 Å². The summed E-state index contributed by atoms with van der Waals surface area (Å²) < 4.78 is 5.35. The van der Waals surface area contributed by atoms with Gasteiger partial charge in [0.1, 0.15) is 5.75 Å². The molecule has 1 aliphatic heterocycles. The van der Waals surface area contributed by atoms with E-state index in [2.05, 4.69) is 68.9 Å². The van der Waals surface area contributed by atoms with Crippen molar-refractivity contribution in [3.63, 3.8) is 0 Å². The number of aryl methyl sites for hydroxylation is 2. The summed E-state index contributed by atoms with van der Waals surface area (Å²) in [5.74, 6) is 0.836. The Morgan fingerprint density at radius 2 is 1.78 bits per heavy atom. The van der Waals surface area contributed by atoms with Gasteiger partial charge in [-0.15, -0.1) is 0 Å². The number of hydrogen-bond acceptors (Lipinski definition) is 7. The smallest absolute Gasteiger partial charge is 0.251 e. The molecule has 9 heteroatoms. The van der Waals surface area contributed by atoms with E-state index >= 15 is 0 Å². The fourth-order valence-electron chi connectivity index (χ4n) is 4.51.